The number of sulfonamides is 1. The lowest BCUT2D eigenvalue weighted by Gasteiger charge is -2.16. The maximum Gasteiger partial charge on any atom is 0.238 e. The molecule has 1 aromatic rings. The quantitative estimate of drug-likeness (QED) is 0.486. The highest BCUT2D eigenvalue weighted by atomic mass is 32.2. The first-order chi connectivity index (χ1) is 12.3. The third kappa shape index (κ3) is 7.13. The summed E-state index contributed by atoms with van der Waals surface area (Å²) in [6, 6.07) is 6.38. The summed E-state index contributed by atoms with van der Waals surface area (Å²) in [4.78, 5) is 23.9. The molecule has 1 fully saturated rings. The molecule has 0 aliphatic heterocycles. The lowest BCUT2D eigenvalue weighted by Crippen LogP contribution is -2.38. The first-order valence-electron chi connectivity index (χ1n) is 9.02. The number of primary sulfonamides is 1. The van der Waals surface area contributed by atoms with E-state index < -0.39 is 10.0 Å². The summed E-state index contributed by atoms with van der Waals surface area (Å²) in [6.45, 7) is 0.379. The van der Waals surface area contributed by atoms with Gasteiger partial charge in [-0.3, -0.25) is 9.59 Å². The molecule has 2 amide bonds. The van der Waals surface area contributed by atoms with E-state index in [9.17, 15) is 18.0 Å². The Labute approximate surface area is 154 Å². The van der Waals surface area contributed by atoms with Crippen molar-refractivity contribution in [2.24, 2.45) is 5.14 Å². The van der Waals surface area contributed by atoms with Gasteiger partial charge in [-0.1, -0.05) is 37.8 Å². The molecule has 0 spiro atoms. The van der Waals surface area contributed by atoms with Gasteiger partial charge in [-0.15, -0.1) is 0 Å². The van der Waals surface area contributed by atoms with Crippen LogP contribution < -0.4 is 15.8 Å². The van der Waals surface area contributed by atoms with Crippen LogP contribution in [0.25, 0.3) is 0 Å². The van der Waals surface area contributed by atoms with Crippen molar-refractivity contribution in [2.75, 3.05) is 6.54 Å². The zero-order valence-corrected chi connectivity index (χ0v) is 15.7. The van der Waals surface area contributed by atoms with E-state index >= 15 is 0 Å². The van der Waals surface area contributed by atoms with Gasteiger partial charge in [0.25, 0.3) is 0 Å². The van der Waals surface area contributed by atoms with E-state index in [1.165, 1.54) is 25.0 Å². The van der Waals surface area contributed by atoms with Crippen molar-refractivity contribution >= 4 is 21.8 Å². The Morgan fingerprint density at radius 3 is 2.19 bits per heavy atom. The van der Waals surface area contributed by atoms with Gasteiger partial charge < -0.3 is 10.6 Å². The van der Waals surface area contributed by atoms with Crippen molar-refractivity contribution in [3.63, 3.8) is 0 Å². The van der Waals surface area contributed by atoms with Gasteiger partial charge in [-0.25, -0.2) is 13.6 Å². The summed E-state index contributed by atoms with van der Waals surface area (Å²) in [7, 11) is -3.70. The van der Waals surface area contributed by atoms with Gasteiger partial charge in [0.15, 0.2) is 0 Å². The van der Waals surface area contributed by atoms with E-state index in [4.69, 9.17) is 5.14 Å². The molecule has 1 saturated carbocycles. The van der Waals surface area contributed by atoms with Crippen LogP contribution in [0.2, 0.25) is 0 Å². The Hall–Kier alpha value is -1.93. The van der Waals surface area contributed by atoms with Gasteiger partial charge in [0, 0.05) is 12.6 Å². The second-order valence-electron chi connectivity index (χ2n) is 6.72. The second kappa shape index (κ2) is 9.68. The summed E-state index contributed by atoms with van der Waals surface area (Å²) >= 11 is 0. The zero-order valence-electron chi connectivity index (χ0n) is 14.9. The monoisotopic (exact) mass is 381 g/mol. The molecule has 7 nitrogen and oxygen atoms in total. The number of nitrogens with one attached hydrogen (secondary N) is 2. The summed E-state index contributed by atoms with van der Waals surface area (Å²) in [5.41, 5.74) is 0.876. The van der Waals surface area contributed by atoms with Crippen LogP contribution in [-0.4, -0.2) is 32.8 Å². The summed E-state index contributed by atoms with van der Waals surface area (Å²) in [6.07, 6.45) is 7.03. The standard InChI is InChI=1S/C18H27N3O4S/c19-26(24,25)16-9-7-14(8-10-16)11-12-20-17(22)13-18(23)21-15-5-3-1-2-4-6-15/h7-10,15H,1-6,11-13H2,(H,20,22)(H,21,23)(H2,19,24,25). The third-order valence-electron chi connectivity index (χ3n) is 4.53. The molecule has 1 aromatic carbocycles. The van der Waals surface area contributed by atoms with E-state index in [1.807, 2.05) is 0 Å². The molecule has 0 unspecified atom stereocenters. The molecule has 0 heterocycles. The summed E-state index contributed by atoms with van der Waals surface area (Å²) < 4.78 is 22.4. The fraction of sp³-hybridized carbons (Fsp3) is 0.556. The fourth-order valence-electron chi connectivity index (χ4n) is 3.10. The van der Waals surface area contributed by atoms with Crippen LogP contribution >= 0.6 is 0 Å². The van der Waals surface area contributed by atoms with Crippen LogP contribution in [-0.2, 0) is 26.0 Å². The molecule has 0 atom stereocenters. The molecule has 4 N–H and O–H groups in total. The number of rotatable bonds is 7. The molecule has 1 aliphatic rings. The fourth-order valence-corrected chi connectivity index (χ4v) is 3.62. The predicted molar refractivity (Wildman–Crippen MR) is 98.8 cm³/mol. The van der Waals surface area contributed by atoms with Gasteiger partial charge in [-0.2, -0.15) is 0 Å². The lowest BCUT2D eigenvalue weighted by molar-refractivity contribution is -0.129. The molecule has 144 valence electrons. The van der Waals surface area contributed by atoms with Crippen LogP contribution in [0, 0.1) is 0 Å². The Balaban J connectivity index is 1.68. The number of amides is 2. The van der Waals surface area contributed by atoms with Crippen LogP contribution in [0.4, 0.5) is 0 Å². The first kappa shape index (κ1) is 20.4. The minimum atomic E-state index is -3.70. The normalized spacial score (nSPS) is 15.9. The van der Waals surface area contributed by atoms with Gasteiger partial charge in [0.05, 0.1) is 4.90 Å². The van der Waals surface area contributed by atoms with Gasteiger partial charge in [0.2, 0.25) is 21.8 Å². The summed E-state index contributed by atoms with van der Waals surface area (Å²) in [5, 5.41) is 10.7. The molecule has 0 saturated heterocycles. The number of carbonyl (C=O) groups excluding carboxylic acids is 2. The highest BCUT2D eigenvalue weighted by Crippen LogP contribution is 2.17. The molecule has 8 heteroatoms. The number of benzene rings is 1. The van der Waals surface area contributed by atoms with E-state index in [1.54, 1.807) is 12.1 Å². The number of hydrogen-bond donors (Lipinski definition) is 3. The Kier molecular flexibility index (Phi) is 7.59. The van der Waals surface area contributed by atoms with Gasteiger partial charge >= 0.3 is 0 Å². The maximum absolute atomic E-state index is 12.0. The van der Waals surface area contributed by atoms with Crippen molar-refractivity contribution in [3.05, 3.63) is 29.8 Å². The maximum atomic E-state index is 12.0. The van der Waals surface area contributed by atoms with Crippen LogP contribution in [0.1, 0.15) is 50.5 Å². The molecular weight excluding hydrogens is 354 g/mol. The van der Waals surface area contributed by atoms with Crippen molar-refractivity contribution in [3.8, 4) is 0 Å². The molecule has 0 bridgehead atoms. The molecule has 0 radical (unpaired) electrons. The number of nitrogens with two attached hydrogens (primary N) is 1. The SMILES string of the molecule is NS(=O)(=O)c1ccc(CCNC(=O)CC(=O)NC2CCCCCC2)cc1. The highest BCUT2D eigenvalue weighted by molar-refractivity contribution is 7.89. The van der Waals surface area contributed by atoms with E-state index in [2.05, 4.69) is 10.6 Å². The summed E-state index contributed by atoms with van der Waals surface area (Å²) in [5.74, 6) is -0.538. The second-order valence-corrected chi connectivity index (χ2v) is 8.28. The van der Waals surface area contributed by atoms with Gasteiger partial charge in [0.1, 0.15) is 6.42 Å². The number of hydrogen-bond acceptors (Lipinski definition) is 4. The van der Waals surface area contributed by atoms with E-state index in [0.717, 1.165) is 31.2 Å². The van der Waals surface area contributed by atoms with Crippen molar-refractivity contribution in [1.82, 2.24) is 10.6 Å². The minimum absolute atomic E-state index is 0.0560. The Morgan fingerprint density at radius 2 is 1.62 bits per heavy atom. The molecule has 2 rings (SSSR count). The lowest BCUT2D eigenvalue weighted by atomic mass is 10.1. The molecule has 1 aliphatic carbocycles. The van der Waals surface area contributed by atoms with Crippen LogP contribution in [0.3, 0.4) is 0 Å². The van der Waals surface area contributed by atoms with Crippen molar-refractivity contribution in [2.45, 2.75) is 62.3 Å². The highest BCUT2D eigenvalue weighted by Gasteiger charge is 2.16. The van der Waals surface area contributed by atoms with E-state index in [0.29, 0.717) is 13.0 Å². The molecular formula is C18H27N3O4S. The van der Waals surface area contributed by atoms with Crippen LogP contribution in [0.5, 0.6) is 0 Å². The average Bonchev–Trinajstić information content (AvgIpc) is 2.83. The largest absolute Gasteiger partial charge is 0.355 e. The number of carbonyl (C=O) groups is 2. The predicted octanol–water partition coefficient (Wildman–Crippen LogP) is 1.22. The van der Waals surface area contributed by atoms with Crippen molar-refractivity contribution < 1.29 is 18.0 Å². The smallest absolute Gasteiger partial charge is 0.238 e. The van der Waals surface area contributed by atoms with E-state index in [-0.39, 0.29) is 29.2 Å². The minimum Gasteiger partial charge on any atom is -0.355 e. The van der Waals surface area contributed by atoms with Gasteiger partial charge in [-0.05, 0) is 37.0 Å². The third-order valence-corrected chi connectivity index (χ3v) is 5.46. The topological polar surface area (TPSA) is 118 Å². The Morgan fingerprint density at radius 1 is 1.00 bits per heavy atom. The van der Waals surface area contributed by atoms with Crippen molar-refractivity contribution in [1.29, 1.82) is 0 Å². The molecule has 26 heavy (non-hydrogen) atoms. The van der Waals surface area contributed by atoms with Crippen LogP contribution in [0.15, 0.2) is 29.2 Å². The first-order valence-corrected chi connectivity index (χ1v) is 10.6. The average molecular weight is 381 g/mol. The zero-order chi connectivity index (χ0) is 19.0. The Bertz CT molecular complexity index is 708. The molecule has 0 aromatic heterocycles.